The van der Waals surface area contributed by atoms with Crippen molar-refractivity contribution in [3.8, 4) is 0 Å². The minimum atomic E-state index is 0. The first-order valence-electron chi connectivity index (χ1n) is 5.16. The molecule has 1 saturated carbocycles. The highest BCUT2D eigenvalue weighted by Crippen LogP contribution is 2.19. The highest BCUT2D eigenvalue weighted by molar-refractivity contribution is 4.69. The molecule has 0 spiro atoms. The molecule has 0 radical (unpaired) electrons. The van der Waals surface area contributed by atoms with Crippen molar-refractivity contribution in [2.24, 2.45) is 0 Å². The molecule has 0 aromatic rings. The van der Waals surface area contributed by atoms with Gasteiger partial charge in [0.15, 0.2) is 0 Å². The summed E-state index contributed by atoms with van der Waals surface area (Å²) in [5.41, 5.74) is 0. The van der Waals surface area contributed by atoms with Gasteiger partial charge in [0.05, 0.1) is 12.7 Å². The quantitative estimate of drug-likeness (QED) is 0.588. The van der Waals surface area contributed by atoms with Gasteiger partial charge in [-0.1, -0.05) is 39.2 Å². The fourth-order valence-corrected chi connectivity index (χ4v) is 1.44. The van der Waals surface area contributed by atoms with E-state index in [9.17, 15) is 0 Å². The van der Waals surface area contributed by atoms with Gasteiger partial charge >= 0.3 is 0 Å². The topological polar surface area (TPSA) is 9.23 Å². The van der Waals surface area contributed by atoms with Crippen LogP contribution in [0.5, 0.6) is 0 Å². The van der Waals surface area contributed by atoms with Gasteiger partial charge in [0.2, 0.25) is 0 Å². The predicted octanol–water partition coefficient (Wildman–Crippen LogP) is 3.79. The first-order valence-corrected chi connectivity index (χ1v) is 5.16. The molecular weight excluding hydrogens is 148 g/mol. The summed E-state index contributed by atoms with van der Waals surface area (Å²) < 4.78 is 5.51. The molecule has 0 aromatic carbocycles. The highest BCUT2D eigenvalue weighted by Gasteiger charge is 2.11. The second-order valence-corrected chi connectivity index (χ2v) is 2.88. The van der Waals surface area contributed by atoms with Crippen LogP contribution in [0.1, 0.15) is 47.4 Å². The van der Waals surface area contributed by atoms with E-state index >= 15 is 0 Å². The van der Waals surface area contributed by atoms with Crippen LogP contribution in [0.3, 0.4) is 0 Å². The van der Waals surface area contributed by atoms with Crippen LogP contribution >= 0.6 is 0 Å². The van der Waals surface area contributed by atoms with E-state index in [1.807, 2.05) is 19.9 Å². The Hall–Kier alpha value is -0.300. The third kappa shape index (κ3) is 5.36. The minimum Gasteiger partial charge on any atom is -0.374 e. The Bertz CT molecular complexity index is 98.3. The molecule has 0 aromatic heterocycles. The maximum absolute atomic E-state index is 5.51. The standard InChI is InChI=1S/C9H16O.C2H6.H2/c1-2-8-10-9-6-4-3-5-7-9;1-2;/h2,9H,1,3-8H2;1-2H3;1H. The molecule has 0 amide bonds. The first kappa shape index (κ1) is 11.7. The van der Waals surface area contributed by atoms with E-state index < -0.39 is 0 Å². The molecule has 1 heteroatoms. The summed E-state index contributed by atoms with van der Waals surface area (Å²) in [6, 6.07) is 0. The summed E-state index contributed by atoms with van der Waals surface area (Å²) in [6.07, 6.45) is 8.97. The van der Waals surface area contributed by atoms with Crippen LogP contribution < -0.4 is 0 Å². The van der Waals surface area contributed by atoms with Gasteiger partial charge in [-0.25, -0.2) is 0 Å². The van der Waals surface area contributed by atoms with Crippen LogP contribution in [-0.4, -0.2) is 12.7 Å². The monoisotopic (exact) mass is 172 g/mol. The summed E-state index contributed by atoms with van der Waals surface area (Å²) in [4.78, 5) is 0. The van der Waals surface area contributed by atoms with Crippen LogP contribution in [0.15, 0.2) is 12.7 Å². The molecule has 1 aliphatic rings. The smallest absolute Gasteiger partial charge is 0.0648 e. The van der Waals surface area contributed by atoms with Crippen molar-refractivity contribution in [2.75, 3.05) is 6.61 Å². The van der Waals surface area contributed by atoms with E-state index in [1.54, 1.807) is 0 Å². The molecule has 0 atom stereocenters. The molecule has 0 unspecified atom stereocenters. The Labute approximate surface area is 78.3 Å². The molecule has 1 aliphatic carbocycles. The van der Waals surface area contributed by atoms with Crippen LogP contribution in [0.2, 0.25) is 0 Å². The van der Waals surface area contributed by atoms with Gasteiger partial charge in [0.1, 0.15) is 0 Å². The van der Waals surface area contributed by atoms with Crippen molar-refractivity contribution < 1.29 is 6.16 Å². The molecule has 0 N–H and O–H groups in total. The van der Waals surface area contributed by atoms with E-state index in [0.29, 0.717) is 6.10 Å². The zero-order chi connectivity index (χ0) is 9.23. The maximum Gasteiger partial charge on any atom is 0.0648 e. The van der Waals surface area contributed by atoms with E-state index in [2.05, 4.69) is 6.58 Å². The number of hydrogen-bond donors (Lipinski definition) is 0. The third-order valence-electron chi connectivity index (χ3n) is 2.00. The van der Waals surface area contributed by atoms with Gasteiger partial charge in [-0.2, -0.15) is 0 Å². The zero-order valence-electron chi connectivity index (χ0n) is 8.51. The molecule has 0 heterocycles. The molecule has 74 valence electrons. The van der Waals surface area contributed by atoms with Crippen LogP contribution in [0.25, 0.3) is 0 Å². The zero-order valence-corrected chi connectivity index (χ0v) is 8.51. The summed E-state index contributed by atoms with van der Waals surface area (Å²) in [6.45, 7) is 8.35. The van der Waals surface area contributed by atoms with Gasteiger partial charge in [-0.3, -0.25) is 0 Å². The molecule has 1 fully saturated rings. The van der Waals surface area contributed by atoms with Crippen molar-refractivity contribution in [3.05, 3.63) is 12.7 Å². The number of rotatable bonds is 3. The lowest BCUT2D eigenvalue weighted by molar-refractivity contribution is 0.0467. The van der Waals surface area contributed by atoms with Gasteiger partial charge < -0.3 is 4.74 Å². The summed E-state index contributed by atoms with van der Waals surface area (Å²) in [5, 5.41) is 0. The Balaban J connectivity index is 0. The van der Waals surface area contributed by atoms with E-state index in [-0.39, 0.29) is 1.43 Å². The van der Waals surface area contributed by atoms with Gasteiger partial charge in [-0.05, 0) is 12.8 Å². The Morgan fingerprint density at radius 3 is 2.42 bits per heavy atom. The van der Waals surface area contributed by atoms with Crippen LogP contribution in [0, 0.1) is 0 Å². The predicted molar refractivity (Wildman–Crippen MR) is 56.5 cm³/mol. The highest BCUT2D eigenvalue weighted by atomic mass is 16.5. The fourth-order valence-electron chi connectivity index (χ4n) is 1.44. The fraction of sp³-hybridized carbons (Fsp3) is 0.818. The normalized spacial score (nSPS) is 17.8. The van der Waals surface area contributed by atoms with Gasteiger partial charge in [0, 0.05) is 1.43 Å². The lowest BCUT2D eigenvalue weighted by atomic mass is 9.98. The van der Waals surface area contributed by atoms with E-state index in [1.165, 1.54) is 32.1 Å². The summed E-state index contributed by atoms with van der Waals surface area (Å²) in [7, 11) is 0. The Morgan fingerprint density at radius 2 is 1.92 bits per heavy atom. The van der Waals surface area contributed by atoms with Crippen molar-refractivity contribution in [3.63, 3.8) is 0 Å². The van der Waals surface area contributed by atoms with Crippen LogP contribution in [0.4, 0.5) is 0 Å². The minimum absolute atomic E-state index is 0. The molecular formula is C11H24O. The first-order chi connectivity index (χ1) is 5.93. The lowest BCUT2D eigenvalue weighted by Crippen LogP contribution is -2.16. The van der Waals surface area contributed by atoms with Crippen molar-refractivity contribution in [2.45, 2.75) is 52.1 Å². The molecule has 0 saturated heterocycles. The van der Waals surface area contributed by atoms with Gasteiger partial charge in [0.25, 0.3) is 0 Å². The summed E-state index contributed by atoms with van der Waals surface area (Å²) in [5.74, 6) is 0. The molecule has 1 rings (SSSR count). The van der Waals surface area contributed by atoms with Gasteiger partial charge in [-0.15, -0.1) is 6.58 Å². The SMILES string of the molecule is C=CCOC1CCCCC1.CC.[HH]. The largest absolute Gasteiger partial charge is 0.374 e. The van der Waals surface area contributed by atoms with E-state index in [4.69, 9.17) is 4.74 Å². The van der Waals surface area contributed by atoms with Crippen molar-refractivity contribution >= 4 is 0 Å². The Kier molecular flexibility index (Phi) is 8.57. The molecule has 0 bridgehead atoms. The number of hydrogen-bond acceptors (Lipinski definition) is 1. The average Bonchev–Trinajstić information content (AvgIpc) is 2.19. The Morgan fingerprint density at radius 1 is 1.33 bits per heavy atom. The number of ether oxygens (including phenoxy) is 1. The molecule has 0 aliphatic heterocycles. The average molecular weight is 172 g/mol. The lowest BCUT2D eigenvalue weighted by Gasteiger charge is -2.20. The third-order valence-corrected chi connectivity index (χ3v) is 2.00. The maximum atomic E-state index is 5.51. The van der Waals surface area contributed by atoms with Crippen LogP contribution in [-0.2, 0) is 4.74 Å². The van der Waals surface area contributed by atoms with Crippen molar-refractivity contribution in [1.29, 1.82) is 0 Å². The second-order valence-electron chi connectivity index (χ2n) is 2.88. The summed E-state index contributed by atoms with van der Waals surface area (Å²) >= 11 is 0. The van der Waals surface area contributed by atoms with E-state index in [0.717, 1.165) is 6.61 Å². The van der Waals surface area contributed by atoms with Crippen molar-refractivity contribution in [1.82, 2.24) is 0 Å². The second kappa shape index (κ2) is 8.79. The molecule has 1 nitrogen and oxygen atoms in total. The molecule has 12 heavy (non-hydrogen) atoms.